The molecule has 1 aromatic rings. The molecule has 0 aromatic heterocycles. The third kappa shape index (κ3) is 2.03. The first-order chi connectivity index (χ1) is 8.54. The number of methoxy groups -OCH3 is 1. The first-order valence-electron chi connectivity index (χ1n) is 6.24. The van der Waals surface area contributed by atoms with Crippen molar-refractivity contribution in [3.05, 3.63) is 35.4 Å². The van der Waals surface area contributed by atoms with Crippen LogP contribution < -0.4 is 0 Å². The Kier molecular flexibility index (Phi) is 3.43. The average Bonchev–Trinajstić information content (AvgIpc) is 2.76. The van der Waals surface area contributed by atoms with Crippen molar-refractivity contribution >= 4 is 0 Å². The van der Waals surface area contributed by atoms with Crippen molar-refractivity contribution in [3.63, 3.8) is 0 Å². The van der Waals surface area contributed by atoms with Crippen molar-refractivity contribution in [1.29, 1.82) is 5.26 Å². The number of nitrogens with zero attached hydrogens (tertiary/aromatic N) is 1. The number of hydrogen-bond acceptors (Lipinski definition) is 3. The summed E-state index contributed by atoms with van der Waals surface area (Å²) in [4.78, 5) is 0. The fourth-order valence-corrected chi connectivity index (χ4v) is 2.74. The van der Waals surface area contributed by atoms with Gasteiger partial charge < -0.3 is 9.84 Å². The molecule has 0 amide bonds. The summed E-state index contributed by atoms with van der Waals surface area (Å²) < 4.78 is 5.03. The molecule has 3 nitrogen and oxygen atoms in total. The zero-order chi connectivity index (χ0) is 13.2. The second-order valence-electron chi connectivity index (χ2n) is 5.33. The van der Waals surface area contributed by atoms with E-state index in [0.717, 1.165) is 0 Å². The fourth-order valence-electron chi connectivity index (χ4n) is 2.74. The van der Waals surface area contributed by atoms with Crippen LogP contribution in [0.3, 0.4) is 0 Å². The standard InChI is InChI=1S/C15H19NO2/c1-14(17,7-8-18-2)15(11-16)9-12-5-3-4-6-13(12)10-15/h3-6,17H,7-10H2,1-2H3. The van der Waals surface area contributed by atoms with E-state index in [1.807, 2.05) is 24.3 Å². The van der Waals surface area contributed by atoms with Gasteiger partial charge in [0.1, 0.15) is 0 Å². The Hall–Kier alpha value is -1.37. The van der Waals surface area contributed by atoms with Crippen LogP contribution in [0, 0.1) is 16.7 Å². The first kappa shape index (κ1) is 13.1. The molecule has 1 atom stereocenters. The van der Waals surface area contributed by atoms with Crippen molar-refractivity contribution in [2.75, 3.05) is 13.7 Å². The van der Waals surface area contributed by atoms with Crippen LogP contribution in [-0.4, -0.2) is 24.4 Å². The molecule has 0 spiro atoms. The Morgan fingerprint density at radius 1 is 1.39 bits per heavy atom. The van der Waals surface area contributed by atoms with E-state index in [2.05, 4.69) is 6.07 Å². The molecule has 0 saturated carbocycles. The van der Waals surface area contributed by atoms with E-state index in [-0.39, 0.29) is 0 Å². The van der Waals surface area contributed by atoms with Gasteiger partial charge in [-0.3, -0.25) is 0 Å². The highest BCUT2D eigenvalue weighted by atomic mass is 16.5. The van der Waals surface area contributed by atoms with E-state index in [4.69, 9.17) is 4.74 Å². The van der Waals surface area contributed by atoms with Gasteiger partial charge in [0.2, 0.25) is 0 Å². The van der Waals surface area contributed by atoms with Crippen molar-refractivity contribution < 1.29 is 9.84 Å². The van der Waals surface area contributed by atoms with Crippen LogP contribution in [0.25, 0.3) is 0 Å². The summed E-state index contributed by atoms with van der Waals surface area (Å²) in [6.07, 6.45) is 1.72. The largest absolute Gasteiger partial charge is 0.388 e. The Balaban J connectivity index is 2.28. The summed E-state index contributed by atoms with van der Waals surface area (Å²) in [6, 6.07) is 10.4. The summed E-state index contributed by atoms with van der Waals surface area (Å²) in [5.74, 6) is 0. The lowest BCUT2D eigenvalue weighted by Gasteiger charge is -2.37. The molecule has 0 radical (unpaired) electrons. The zero-order valence-electron chi connectivity index (χ0n) is 10.9. The molecule has 1 aromatic carbocycles. The summed E-state index contributed by atoms with van der Waals surface area (Å²) in [5.41, 5.74) is 0.597. The van der Waals surface area contributed by atoms with Crippen LogP contribution in [0.1, 0.15) is 24.5 Å². The second kappa shape index (κ2) is 4.72. The minimum atomic E-state index is -1.03. The second-order valence-corrected chi connectivity index (χ2v) is 5.33. The summed E-state index contributed by atoms with van der Waals surface area (Å²) in [5, 5.41) is 20.2. The Bertz CT molecular complexity index is 449. The van der Waals surface area contributed by atoms with Crippen molar-refractivity contribution in [1.82, 2.24) is 0 Å². The third-order valence-electron chi connectivity index (χ3n) is 4.14. The van der Waals surface area contributed by atoms with E-state index < -0.39 is 11.0 Å². The topological polar surface area (TPSA) is 53.2 Å². The van der Waals surface area contributed by atoms with E-state index in [0.29, 0.717) is 25.9 Å². The fraction of sp³-hybridized carbons (Fsp3) is 0.533. The van der Waals surface area contributed by atoms with Gasteiger partial charge in [0, 0.05) is 20.1 Å². The van der Waals surface area contributed by atoms with Gasteiger partial charge in [0.25, 0.3) is 0 Å². The molecule has 1 N–H and O–H groups in total. The Labute approximate surface area is 108 Å². The number of rotatable bonds is 4. The highest BCUT2D eigenvalue weighted by Gasteiger charge is 2.50. The van der Waals surface area contributed by atoms with Crippen molar-refractivity contribution in [2.24, 2.45) is 5.41 Å². The number of ether oxygens (including phenoxy) is 1. The number of benzene rings is 1. The molecule has 3 heteroatoms. The van der Waals surface area contributed by atoms with Gasteiger partial charge >= 0.3 is 0 Å². The highest BCUT2D eigenvalue weighted by molar-refractivity contribution is 5.39. The molecule has 1 aliphatic rings. The summed E-state index contributed by atoms with van der Waals surface area (Å²) >= 11 is 0. The van der Waals surface area contributed by atoms with Gasteiger partial charge in [-0.25, -0.2) is 0 Å². The SMILES string of the molecule is COCCC(C)(O)C1(C#N)Cc2ccccc2C1. The lowest BCUT2D eigenvalue weighted by molar-refractivity contribution is -0.0554. The van der Waals surface area contributed by atoms with Crippen LogP contribution in [0.2, 0.25) is 0 Å². The molecule has 0 saturated heterocycles. The predicted octanol–water partition coefficient (Wildman–Crippen LogP) is 2.08. The number of fused-ring (bicyclic) bond motifs is 1. The smallest absolute Gasteiger partial charge is 0.0938 e. The molecule has 1 unspecified atom stereocenters. The normalized spacial score (nSPS) is 19.9. The zero-order valence-corrected chi connectivity index (χ0v) is 10.9. The van der Waals surface area contributed by atoms with Crippen LogP contribution in [0.4, 0.5) is 0 Å². The lowest BCUT2D eigenvalue weighted by atomic mass is 9.70. The lowest BCUT2D eigenvalue weighted by Crippen LogP contribution is -2.46. The number of hydrogen-bond donors (Lipinski definition) is 1. The molecule has 96 valence electrons. The number of nitriles is 1. The molecule has 0 bridgehead atoms. The average molecular weight is 245 g/mol. The van der Waals surface area contributed by atoms with Crippen LogP contribution in [0.15, 0.2) is 24.3 Å². The third-order valence-corrected chi connectivity index (χ3v) is 4.14. The molecule has 18 heavy (non-hydrogen) atoms. The molecular formula is C15H19NO2. The van der Waals surface area contributed by atoms with Gasteiger partial charge in [-0.15, -0.1) is 0 Å². The molecule has 1 aliphatic carbocycles. The molecular weight excluding hydrogens is 226 g/mol. The van der Waals surface area contributed by atoms with Crippen LogP contribution in [0.5, 0.6) is 0 Å². The van der Waals surface area contributed by atoms with Gasteiger partial charge in [0.15, 0.2) is 0 Å². The highest BCUT2D eigenvalue weighted by Crippen LogP contribution is 2.45. The minimum Gasteiger partial charge on any atom is -0.388 e. The van der Waals surface area contributed by atoms with E-state index >= 15 is 0 Å². The minimum absolute atomic E-state index is 0.465. The van der Waals surface area contributed by atoms with E-state index in [1.54, 1.807) is 14.0 Å². The maximum atomic E-state index is 10.7. The van der Waals surface area contributed by atoms with E-state index in [1.165, 1.54) is 11.1 Å². The quantitative estimate of drug-likeness (QED) is 0.883. The molecule has 0 aliphatic heterocycles. The van der Waals surface area contributed by atoms with Crippen LogP contribution >= 0.6 is 0 Å². The van der Waals surface area contributed by atoms with Crippen LogP contribution in [-0.2, 0) is 17.6 Å². The Morgan fingerprint density at radius 2 is 1.94 bits per heavy atom. The van der Waals surface area contributed by atoms with Gasteiger partial charge in [-0.2, -0.15) is 5.26 Å². The molecule has 2 rings (SSSR count). The maximum Gasteiger partial charge on any atom is 0.0938 e. The molecule has 0 fully saturated rings. The van der Waals surface area contributed by atoms with Gasteiger partial charge in [-0.1, -0.05) is 24.3 Å². The maximum absolute atomic E-state index is 10.7. The summed E-state index contributed by atoms with van der Waals surface area (Å²) in [7, 11) is 1.61. The Morgan fingerprint density at radius 3 is 2.39 bits per heavy atom. The van der Waals surface area contributed by atoms with Crippen molar-refractivity contribution in [3.8, 4) is 6.07 Å². The van der Waals surface area contributed by atoms with Gasteiger partial charge in [-0.05, 0) is 30.9 Å². The van der Waals surface area contributed by atoms with E-state index in [9.17, 15) is 10.4 Å². The predicted molar refractivity (Wildman–Crippen MR) is 69.0 cm³/mol. The monoisotopic (exact) mass is 245 g/mol. The molecule has 0 heterocycles. The van der Waals surface area contributed by atoms with Crippen molar-refractivity contribution in [2.45, 2.75) is 31.8 Å². The number of aliphatic hydroxyl groups is 1. The summed E-state index contributed by atoms with van der Waals surface area (Å²) in [6.45, 7) is 2.22. The van der Waals surface area contributed by atoms with Gasteiger partial charge in [0.05, 0.1) is 17.1 Å². The first-order valence-corrected chi connectivity index (χ1v) is 6.24.